The van der Waals surface area contributed by atoms with E-state index >= 15 is 0 Å². The van der Waals surface area contributed by atoms with Crippen LogP contribution >= 0.6 is 22.6 Å². The molecule has 3 aromatic rings. The number of fused-ring (bicyclic) bond motifs is 1. The Kier molecular flexibility index (Phi) is 4.25. The Balaban J connectivity index is 1.92. The number of halogens is 1. The maximum absolute atomic E-state index is 6.21. The van der Waals surface area contributed by atoms with Crippen molar-refractivity contribution in [2.24, 2.45) is 0 Å². The zero-order valence-corrected chi connectivity index (χ0v) is 13.1. The van der Waals surface area contributed by atoms with Crippen LogP contribution in [0.3, 0.4) is 0 Å². The molecule has 0 radical (unpaired) electrons. The van der Waals surface area contributed by atoms with Crippen molar-refractivity contribution in [2.75, 3.05) is 4.43 Å². The van der Waals surface area contributed by atoms with Gasteiger partial charge in [-0.25, -0.2) is 0 Å². The van der Waals surface area contributed by atoms with Crippen LogP contribution in [0.25, 0.3) is 11.0 Å². The van der Waals surface area contributed by atoms with Crippen LogP contribution in [0.1, 0.15) is 18.1 Å². The van der Waals surface area contributed by atoms with Crippen molar-refractivity contribution in [3.05, 3.63) is 66.4 Å². The van der Waals surface area contributed by atoms with Crippen LogP contribution < -0.4 is 4.74 Å². The van der Waals surface area contributed by atoms with Crippen molar-refractivity contribution < 1.29 is 9.15 Å². The molecule has 0 aliphatic carbocycles. The van der Waals surface area contributed by atoms with Gasteiger partial charge in [0, 0.05) is 9.81 Å². The Morgan fingerprint density at radius 1 is 1.00 bits per heavy atom. The van der Waals surface area contributed by atoms with E-state index in [1.807, 2.05) is 42.5 Å². The Hall–Kier alpha value is -1.49. The lowest BCUT2D eigenvalue weighted by atomic mass is 10.1. The summed E-state index contributed by atoms with van der Waals surface area (Å²) in [5.41, 5.74) is 2.02. The molecule has 1 heterocycles. The number of alkyl halides is 1. The van der Waals surface area contributed by atoms with E-state index in [4.69, 9.17) is 9.15 Å². The van der Waals surface area contributed by atoms with Crippen LogP contribution in [0.15, 0.2) is 65.3 Å². The maximum Gasteiger partial charge on any atom is 0.175 e. The van der Waals surface area contributed by atoms with Crippen LogP contribution in [-0.2, 0) is 0 Å². The average molecular weight is 378 g/mol. The number of benzene rings is 2. The molecule has 102 valence electrons. The van der Waals surface area contributed by atoms with E-state index in [-0.39, 0.29) is 6.10 Å². The lowest BCUT2D eigenvalue weighted by Crippen LogP contribution is -2.08. The minimum absolute atomic E-state index is 0.0591. The van der Waals surface area contributed by atoms with Crippen molar-refractivity contribution in [2.45, 2.75) is 12.5 Å². The van der Waals surface area contributed by atoms with E-state index in [9.17, 15) is 0 Å². The monoisotopic (exact) mass is 378 g/mol. The van der Waals surface area contributed by atoms with E-state index < -0.39 is 0 Å². The zero-order chi connectivity index (χ0) is 13.8. The summed E-state index contributed by atoms with van der Waals surface area (Å²) in [6.45, 7) is 0. The molecule has 3 rings (SSSR count). The number of hydrogen-bond acceptors (Lipinski definition) is 2. The van der Waals surface area contributed by atoms with Gasteiger partial charge < -0.3 is 9.15 Å². The largest absolute Gasteiger partial charge is 0.482 e. The van der Waals surface area contributed by atoms with Crippen molar-refractivity contribution in [3.8, 4) is 5.75 Å². The number of furan rings is 1. The molecule has 0 saturated heterocycles. The third kappa shape index (κ3) is 2.82. The van der Waals surface area contributed by atoms with Crippen molar-refractivity contribution >= 4 is 33.6 Å². The SMILES string of the molecule is ICC[C@@H](Oc1cccc2ccoc12)c1ccccc1. The molecule has 2 nitrogen and oxygen atoms in total. The highest BCUT2D eigenvalue weighted by Gasteiger charge is 2.15. The molecule has 0 aliphatic rings. The van der Waals surface area contributed by atoms with Gasteiger partial charge >= 0.3 is 0 Å². The summed E-state index contributed by atoms with van der Waals surface area (Å²) in [6, 6.07) is 18.3. The molecular weight excluding hydrogens is 363 g/mol. The number of para-hydroxylation sites is 1. The normalized spacial score (nSPS) is 12.4. The highest BCUT2D eigenvalue weighted by Crippen LogP contribution is 2.31. The van der Waals surface area contributed by atoms with E-state index in [0.29, 0.717) is 0 Å². The maximum atomic E-state index is 6.21. The van der Waals surface area contributed by atoms with Crippen LogP contribution in [0.4, 0.5) is 0 Å². The lowest BCUT2D eigenvalue weighted by Gasteiger charge is -2.18. The predicted octanol–water partition coefficient (Wildman–Crippen LogP) is 5.38. The molecule has 1 atom stereocenters. The number of rotatable bonds is 5. The molecular formula is C17H15IO2. The van der Waals surface area contributed by atoms with Crippen molar-refractivity contribution in [1.29, 1.82) is 0 Å². The predicted molar refractivity (Wildman–Crippen MR) is 89.5 cm³/mol. The Bertz CT molecular complexity index is 676. The second-order valence-electron chi connectivity index (χ2n) is 4.59. The third-order valence-electron chi connectivity index (χ3n) is 3.25. The standard InChI is InChI=1S/C17H15IO2/c18-11-9-15(13-5-2-1-3-6-13)20-16-8-4-7-14-10-12-19-17(14)16/h1-8,10,12,15H,9,11H2/t15-/m1/s1. The Morgan fingerprint density at radius 3 is 2.65 bits per heavy atom. The van der Waals surface area contributed by atoms with Gasteiger partial charge in [0.15, 0.2) is 11.3 Å². The molecule has 0 fully saturated rings. The topological polar surface area (TPSA) is 22.4 Å². The summed E-state index contributed by atoms with van der Waals surface area (Å²) in [5, 5.41) is 1.07. The summed E-state index contributed by atoms with van der Waals surface area (Å²) in [5.74, 6) is 0.811. The highest BCUT2D eigenvalue weighted by atomic mass is 127. The van der Waals surface area contributed by atoms with Crippen molar-refractivity contribution in [1.82, 2.24) is 0 Å². The molecule has 0 saturated carbocycles. The van der Waals surface area contributed by atoms with Crippen LogP contribution in [0.2, 0.25) is 0 Å². The summed E-state index contributed by atoms with van der Waals surface area (Å²) < 4.78 is 12.8. The van der Waals surface area contributed by atoms with Gasteiger partial charge in [-0.1, -0.05) is 65.1 Å². The van der Waals surface area contributed by atoms with E-state index in [1.165, 1.54) is 5.56 Å². The van der Waals surface area contributed by atoms with Gasteiger partial charge in [-0.15, -0.1) is 0 Å². The van der Waals surface area contributed by atoms with Crippen LogP contribution in [0.5, 0.6) is 5.75 Å². The van der Waals surface area contributed by atoms with E-state index in [1.54, 1.807) is 6.26 Å². The first kappa shape index (κ1) is 13.5. The van der Waals surface area contributed by atoms with Crippen molar-refractivity contribution in [3.63, 3.8) is 0 Å². The minimum Gasteiger partial charge on any atom is -0.482 e. The fraction of sp³-hybridized carbons (Fsp3) is 0.176. The fourth-order valence-electron chi connectivity index (χ4n) is 2.27. The molecule has 2 aromatic carbocycles. The van der Waals surface area contributed by atoms with Crippen LogP contribution in [-0.4, -0.2) is 4.43 Å². The summed E-state index contributed by atoms with van der Waals surface area (Å²) >= 11 is 2.39. The quantitative estimate of drug-likeness (QED) is 0.440. The smallest absolute Gasteiger partial charge is 0.175 e. The molecule has 0 aliphatic heterocycles. The zero-order valence-electron chi connectivity index (χ0n) is 11.0. The first-order valence-corrected chi connectivity index (χ1v) is 8.15. The lowest BCUT2D eigenvalue weighted by molar-refractivity contribution is 0.204. The van der Waals surface area contributed by atoms with E-state index in [2.05, 4.69) is 34.7 Å². The van der Waals surface area contributed by atoms with Gasteiger partial charge in [-0.05, 0) is 24.1 Å². The Morgan fingerprint density at radius 2 is 1.85 bits per heavy atom. The average Bonchev–Trinajstić information content (AvgIpc) is 2.97. The van der Waals surface area contributed by atoms with Gasteiger partial charge in [-0.3, -0.25) is 0 Å². The minimum atomic E-state index is 0.0591. The fourth-order valence-corrected chi connectivity index (χ4v) is 2.84. The first-order chi connectivity index (χ1) is 9.88. The van der Waals surface area contributed by atoms with E-state index in [0.717, 1.165) is 27.6 Å². The second-order valence-corrected chi connectivity index (χ2v) is 5.67. The van der Waals surface area contributed by atoms with Gasteiger partial charge in [0.2, 0.25) is 0 Å². The van der Waals surface area contributed by atoms with Crippen LogP contribution in [0, 0.1) is 0 Å². The third-order valence-corrected chi connectivity index (χ3v) is 3.88. The van der Waals surface area contributed by atoms with Gasteiger partial charge in [0.05, 0.1) is 6.26 Å². The molecule has 0 N–H and O–H groups in total. The molecule has 0 bridgehead atoms. The molecule has 0 amide bonds. The number of hydrogen-bond donors (Lipinski definition) is 0. The summed E-state index contributed by atoms with van der Waals surface area (Å²) in [4.78, 5) is 0. The Labute approximate surface area is 131 Å². The highest BCUT2D eigenvalue weighted by molar-refractivity contribution is 14.1. The summed E-state index contributed by atoms with van der Waals surface area (Å²) in [7, 11) is 0. The molecule has 3 heteroatoms. The number of ether oxygens (including phenoxy) is 1. The summed E-state index contributed by atoms with van der Waals surface area (Å²) in [6.07, 6.45) is 2.73. The molecule has 20 heavy (non-hydrogen) atoms. The van der Waals surface area contributed by atoms with Gasteiger partial charge in [-0.2, -0.15) is 0 Å². The second kappa shape index (κ2) is 6.31. The molecule has 0 unspecified atom stereocenters. The van der Waals surface area contributed by atoms with Gasteiger partial charge in [0.1, 0.15) is 6.10 Å². The molecule has 0 spiro atoms. The first-order valence-electron chi connectivity index (χ1n) is 6.62. The van der Waals surface area contributed by atoms with Gasteiger partial charge in [0.25, 0.3) is 0 Å². The molecule has 1 aromatic heterocycles.